The van der Waals surface area contributed by atoms with E-state index in [0.717, 1.165) is 35.6 Å². The second kappa shape index (κ2) is 13.1. The fourth-order valence-electron chi connectivity index (χ4n) is 4.77. The lowest BCUT2D eigenvalue weighted by atomic mass is 10.1. The van der Waals surface area contributed by atoms with Crippen molar-refractivity contribution >= 4 is 50.7 Å². The topological polar surface area (TPSA) is 86.8 Å². The van der Waals surface area contributed by atoms with E-state index in [2.05, 4.69) is 5.32 Å². The summed E-state index contributed by atoms with van der Waals surface area (Å²) < 4.78 is 28.7. The summed E-state index contributed by atoms with van der Waals surface area (Å²) in [5, 5.41) is 3.75. The second-order valence-electron chi connectivity index (χ2n) is 10.1. The van der Waals surface area contributed by atoms with E-state index in [9.17, 15) is 18.0 Å². The molecule has 212 valence electrons. The zero-order valence-corrected chi connectivity index (χ0v) is 24.8. The number of carbonyl (C=O) groups is 2. The van der Waals surface area contributed by atoms with Crippen LogP contribution in [-0.4, -0.2) is 43.8 Å². The molecule has 1 fully saturated rings. The van der Waals surface area contributed by atoms with Gasteiger partial charge >= 0.3 is 0 Å². The van der Waals surface area contributed by atoms with Crippen LogP contribution in [0.3, 0.4) is 0 Å². The highest BCUT2D eigenvalue weighted by Crippen LogP contribution is 2.27. The Morgan fingerprint density at radius 2 is 1.60 bits per heavy atom. The summed E-state index contributed by atoms with van der Waals surface area (Å²) in [6.07, 6.45) is 3.90. The van der Waals surface area contributed by atoms with Crippen LogP contribution in [0.15, 0.2) is 77.7 Å². The van der Waals surface area contributed by atoms with E-state index >= 15 is 0 Å². The van der Waals surface area contributed by atoms with E-state index in [-0.39, 0.29) is 23.4 Å². The van der Waals surface area contributed by atoms with E-state index < -0.39 is 28.5 Å². The van der Waals surface area contributed by atoms with Crippen molar-refractivity contribution in [2.24, 2.45) is 0 Å². The molecule has 0 bridgehead atoms. The molecule has 3 aromatic carbocycles. The monoisotopic (exact) mass is 601 g/mol. The van der Waals surface area contributed by atoms with Crippen molar-refractivity contribution in [3.63, 3.8) is 0 Å². The molecular weight excluding hydrogens is 569 g/mol. The molecule has 0 aliphatic heterocycles. The van der Waals surface area contributed by atoms with Gasteiger partial charge in [0.05, 0.1) is 20.6 Å². The van der Waals surface area contributed by atoms with Gasteiger partial charge in [-0.05, 0) is 68.7 Å². The number of nitrogens with zero attached hydrogens (tertiary/aromatic N) is 2. The third-order valence-corrected chi connectivity index (χ3v) is 9.66. The van der Waals surface area contributed by atoms with Crippen molar-refractivity contribution in [3.05, 3.63) is 94.0 Å². The Kier molecular flexibility index (Phi) is 9.77. The van der Waals surface area contributed by atoms with E-state index in [1.54, 1.807) is 67.6 Å². The predicted molar refractivity (Wildman–Crippen MR) is 159 cm³/mol. The van der Waals surface area contributed by atoms with Gasteiger partial charge in [-0.1, -0.05) is 78.0 Å². The number of halogens is 2. The Balaban J connectivity index is 1.67. The maximum absolute atomic E-state index is 14.0. The fourth-order valence-corrected chi connectivity index (χ4v) is 6.50. The van der Waals surface area contributed by atoms with Gasteiger partial charge in [0.1, 0.15) is 12.6 Å². The van der Waals surface area contributed by atoms with E-state index in [4.69, 9.17) is 23.2 Å². The van der Waals surface area contributed by atoms with Gasteiger partial charge in [-0.2, -0.15) is 0 Å². The lowest BCUT2D eigenvalue weighted by Gasteiger charge is -2.32. The van der Waals surface area contributed by atoms with Crippen molar-refractivity contribution in [1.82, 2.24) is 10.2 Å². The number of para-hydroxylation sites is 1. The molecule has 1 N–H and O–H groups in total. The summed E-state index contributed by atoms with van der Waals surface area (Å²) in [7, 11) is -4.10. The first-order valence-corrected chi connectivity index (χ1v) is 15.4. The van der Waals surface area contributed by atoms with Crippen LogP contribution in [0.25, 0.3) is 0 Å². The first-order chi connectivity index (χ1) is 19.1. The largest absolute Gasteiger partial charge is 0.352 e. The molecule has 0 radical (unpaired) electrons. The highest BCUT2D eigenvalue weighted by Gasteiger charge is 2.33. The normalized spacial score (nSPS) is 14.5. The SMILES string of the molecule is Cc1ccc(S(=O)(=O)N(CC(=O)N(Cc2ccc(Cl)c(Cl)c2)C(C)C(=O)NC2CCCC2)c2ccccc2)cc1. The molecule has 4 rings (SSSR count). The summed E-state index contributed by atoms with van der Waals surface area (Å²) in [5.74, 6) is -0.812. The number of hydrogen-bond donors (Lipinski definition) is 1. The van der Waals surface area contributed by atoms with E-state index in [1.165, 1.54) is 17.0 Å². The quantitative estimate of drug-likeness (QED) is 0.310. The Bertz CT molecular complexity index is 1440. The number of aryl methyl sites for hydroxylation is 1. The van der Waals surface area contributed by atoms with Gasteiger partial charge in [0.2, 0.25) is 11.8 Å². The number of anilines is 1. The van der Waals surface area contributed by atoms with Gasteiger partial charge in [0.15, 0.2) is 0 Å². The molecule has 1 atom stereocenters. The predicted octanol–water partition coefficient (Wildman–Crippen LogP) is 5.97. The van der Waals surface area contributed by atoms with Crippen molar-refractivity contribution < 1.29 is 18.0 Å². The number of nitrogens with one attached hydrogen (secondary N) is 1. The third-order valence-electron chi connectivity index (χ3n) is 7.14. The highest BCUT2D eigenvalue weighted by molar-refractivity contribution is 7.92. The fraction of sp³-hybridized carbons (Fsp3) is 0.333. The Labute approximate surface area is 246 Å². The number of carbonyl (C=O) groups excluding carboxylic acids is 2. The van der Waals surface area contributed by atoms with Gasteiger partial charge in [-0.15, -0.1) is 0 Å². The molecule has 10 heteroatoms. The third kappa shape index (κ3) is 7.16. The summed E-state index contributed by atoms with van der Waals surface area (Å²) in [5.41, 5.74) is 1.92. The maximum Gasteiger partial charge on any atom is 0.264 e. The number of sulfonamides is 1. The maximum atomic E-state index is 14.0. The van der Waals surface area contributed by atoms with Gasteiger partial charge in [0, 0.05) is 12.6 Å². The minimum atomic E-state index is -4.10. The average molecular weight is 603 g/mol. The summed E-state index contributed by atoms with van der Waals surface area (Å²) in [4.78, 5) is 28.7. The molecule has 0 heterocycles. The lowest BCUT2D eigenvalue weighted by molar-refractivity contribution is -0.139. The molecule has 0 saturated heterocycles. The first-order valence-electron chi connectivity index (χ1n) is 13.2. The Morgan fingerprint density at radius 3 is 2.23 bits per heavy atom. The average Bonchev–Trinajstić information content (AvgIpc) is 3.45. The standard InChI is InChI=1S/C30H33Cl2N3O4S/c1-21-12-15-26(16-13-21)40(38,39)35(25-10-4-3-5-11-25)20-29(36)34(19-23-14-17-27(31)28(32)18-23)22(2)30(37)33-24-8-6-7-9-24/h3-5,10-18,22,24H,6-9,19-20H2,1-2H3,(H,33,37). The van der Waals surface area contributed by atoms with Gasteiger partial charge in [-0.25, -0.2) is 8.42 Å². The highest BCUT2D eigenvalue weighted by atomic mass is 35.5. The second-order valence-corrected chi connectivity index (χ2v) is 12.8. The zero-order valence-electron chi connectivity index (χ0n) is 22.5. The van der Waals surface area contributed by atoms with Crippen molar-refractivity contribution in [3.8, 4) is 0 Å². The lowest BCUT2D eigenvalue weighted by Crippen LogP contribution is -2.52. The molecule has 0 aromatic heterocycles. The summed E-state index contributed by atoms with van der Waals surface area (Å²) >= 11 is 12.3. The molecule has 1 unspecified atom stereocenters. The van der Waals surface area contributed by atoms with E-state index in [0.29, 0.717) is 21.3 Å². The van der Waals surface area contributed by atoms with Crippen LogP contribution < -0.4 is 9.62 Å². The molecule has 3 aromatic rings. The molecule has 1 aliphatic carbocycles. The van der Waals surface area contributed by atoms with Crippen LogP contribution in [0.2, 0.25) is 10.0 Å². The Hall–Kier alpha value is -3.07. The van der Waals surface area contributed by atoms with E-state index in [1.807, 2.05) is 6.92 Å². The summed E-state index contributed by atoms with van der Waals surface area (Å²) in [6.45, 7) is 3.07. The van der Waals surface area contributed by atoms with Crippen LogP contribution in [0.1, 0.15) is 43.7 Å². The van der Waals surface area contributed by atoms with Gasteiger partial charge < -0.3 is 10.2 Å². The molecular formula is C30H33Cl2N3O4S. The minimum Gasteiger partial charge on any atom is -0.352 e. The van der Waals surface area contributed by atoms with Crippen LogP contribution >= 0.6 is 23.2 Å². The van der Waals surface area contributed by atoms with Crippen LogP contribution in [0, 0.1) is 6.92 Å². The minimum absolute atomic E-state index is 0.0438. The van der Waals surface area contributed by atoms with Gasteiger partial charge in [-0.3, -0.25) is 13.9 Å². The number of rotatable bonds is 10. The first kappa shape index (κ1) is 29.9. The molecule has 2 amide bonds. The zero-order chi connectivity index (χ0) is 28.9. The van der Waals surface area contributed by atoms with Gasteiger partial charge in [0.25, 0.3) is 10.0 Å². The Morgan fingerprint density at radius 1 is 0.950 bits per heavy atom. The van der Waals surface area contributed by atoms with Crippen LogP contribution in [0.5, 0.6) is 0 Å². The van der Waals surface area contributed by atoms with Crippen LogP contribution in [-0.2, 0) is 26.2 Å². The van der Waals surface area contributed by atoms with Crippen molar-refractivity contribution in [2.45, 2.75) is 63.1 Å². The summed E-state index contributed by atoms with van der Waals surface area (Å²) in [6, 6.07) is 19.2. The number of amides is 2. The molecule has 1 aliphatic rings. The molecule has 0 spiro atoms. The van der Waals surface area contributed by atoms with Crippen LogP contribution in [0.4, 0.5) is 5.69 Å². The smallest absolute Gasteiger partial charge is 0.264 e. The number of benzene rings is 3. The molecule has 1 saturated carbocycles. The molecule has 7 nitrogen and oxygen atoms in total. The number of hydrogen-bond acceptors (Lipinski definition) is 4. The molecule has 40 heavy (non-hydrogen) atoms. The van der Waals surface area contributed by atoms with Crippen molar-refractivity contribution in [1.29, 1.82) is 0 Å². The van der Waals surface area contributed by atoms with Crippen molar-refractivity contribution in [2.75, 3.05) is 10.8 Å².